The van der Waals surface area contributed by atoms with Crippen LogP contribution in [0.4, 0.5) is 0 Å². The zero-order valence-corrected chi connectivity index (χ0v) is 9.31. The molecular weight excluding hydrogens is 232 g/mol. The van der Waals surface area contributed by atoms with Crippen LogP contribution >= 0.6 is 0 Å². The molecule has 0 saturated carbocycles. The minimum atomic E-state index is -1.19. The summed E-state index contributed by atoms with van der Waals surface area (Å²) in [6.45, 7) is 0.244. The molecule has 17 heavy (non-hydrogen) atoms. The van der Waals surface area contributed by atoms with Gasteiger partial charge < -0.3 is 34.6 Å². The lowest BCUT2D eigenvalue weighted by molar-refractivity contribution is -0.286. The van der Waals surface area contributed by atoms with Crippen molar-refractivity contribution in [1.29, 1.82) is 0 Å². The van der Waals surface area contributed by atoms with E-state index in [-0.39, 0.29) is 26.1 Å². The van der Waals surface area contributed by atoms with E-state index in [1.54, 1.807) is 0 Å². The zero-order valence-electron chi connectivity index (χ0n) is 9.31. The van der Waals surface area contributed by atoms with Crippen molar-refractivity contribution >= 4 is 0 Å². The lowest BCUT2D eigenvalue weighted by atomic mass is 10.1. The lowest BCUT2D eigenvalue weighted by Crippen LogP contribution is -2.48. The van der Waals surface area contributed by atoms with Gasteiger partial charge in [-0.15, -0.1) is 0 Å². The maximum Gasteiger partial charge on any atom is 0.184 e. The molecule has 2 aliphatic rings. The molecule has 0 bridgehead atoms. The molecule has 2 fully saturated rings. The predicted octanol–water partition coefficient (Wildman–Crippen LogP) is -2.06. The average molecular weight is 250 g/mol. The van der Waals surface area contributed by atoms with Gasteiger partial charge in [-0.05, 0) is 0 Å². The van der Waals surface area contributed by atoms with E-state index in [2.05, 4.69) is 0 Å². The van der Waals surface area contributed by atoms with Crippen LogP contribution in [0.25, 0.3) is 0 Å². The Morgan fingerprint density at radius 2 is 1.65 bits per heavy atom. The molecule has 2 saturated heterocycles. The van der Waals surface area contributed by atoms with Crippen LogP contribution in [0.3, 0.4) is 0 Å². The van der Waals surface area contributed by atoms with E-state index in [0.717, 1.165) is 0 Å². The molecule has 6 unspecified atom stereocenters. The Balaban J connectivity index is 1.81. The Morgan fingerprint density at radius 3 is 2.29 bits per heavy atom. The fourth-order valence-corrected chi connectivity index (χ4v) is 1.96. The zero-order chi connectivity index (χ0) is 12.4. The molecule has 2 rings (SSSR count). The normalized spacial score (nSPS) is 48.0. The molecule has 7 heteroatoms. The molecule has 6 atom stereocenters. The highest BCUT2D eigenvalue weighted by Crippen LogP contribution is 2.21. The van der Waals surface area contributed by atoms with Gasteiger partial charge in [0.1, 0.15) is 12.2 Å². The Morgan fingerprint density at radius 1 is 0.882 bits per heavy atom. The number of aliphatic hydroxyl groups excluding tert-OH is 4. The van der Waals surface area contributed by atoms with Crippen LogP contribution in [0.5, 0.6) is 0 Å². The molecule has 2 aliphatic heterocycles. The molecule has 0 spiro atoms. The fraction of sp³-hybridized carbons (Fsp3) is 1.00. The molecule has 0 aromatic heterocycles. The third-order valence-electron chi connectivity index (χ3n) is 2.89. The summed E-state index contributed by atoms with van der Waals surface area (Å²) in [5.41, 5.74) is 0. The maximum atomic E-state index is 9.63. The second-order valence-corrected chi connectivity index (χ2v) is 4.44. The number of rotatable bonds is 2. The van der Waals surface area contributed by atoms with E-state index in [0.29, 0.717) is 0 Å². The number of hydrogen-bond acceptors (Lipinski definition) is 7. The molecule has 100 valence electrons. The molecule has 0 aromatic carbocycles. The van der Waals surface area contributed by atoms with E-state index in [4.69, 9.17) is 19.3 Å². The summed E-state index contributed by atoms with van der Waals surface area (Å²) >= 11 is 0. The molecule has 0 radical (unpaired) electrons. The molecule has 2 heterocycles. The fourth-order valence-electron chi connectivity index (χ4n) is 1.96. The van der Waals surface area contributed by atoms with Gasteiger partial charge in [-0.25, -0.2) is 0 Å². The topological polar surface area (TPSA) is 109 Å². The van der Waals surface area contributed by atoms with E-state index >= 15 is 0 Å². The van der Waals surface area contributed by atoms with Crippen molar-refractivity contribution < 1.29 is 34.6 Å². The average Bonchev–Trinajstić information content (AvgIpc) is 2.27. The van der Waals surface area contributed by atoms with Gasteiger partial charge in [-0.3, -0.25) is 0 Å². The Kier molecular flexibility index (Phi) is 4.31. The summed E-state index contributed by atoms with van der Waals surface area (Å²) < 4.78 is 15.5. The van der Waals surface area contributed by atoms with Crippen molar-refractivity contribution in [1.82, 2.24) is 0 Å². The highest BCUT2D eigenvalue weighted by atomic mass is 16.7. The van der Waals surface area contributed by atoms with Crippen molar-refractivity contribution in [3.63, 3.8) is 0 Å². The smallest absolute Gasteiger partial charge is 0.184 e. The number of aliphatic hydroxyl groups is 4. The molecular formula is C10H18O7. The summed E-state index contributed by atoms with van der Waals surface area (Å²) in [5.74, 6) is 0. The van der Waals surface area contributed by atoms with Crippen LogP contribution in [0, 0.1) is 0 Å². The molecule has 7 nitrogen and oxygen atoms in total. The van der Waals surface area contributed by atoms with Crippen LogP contribution in [0.1, 0.15) is 12.8 Å². The van der Waals surface area contributed by atoms with Gasteiger partial charge in [0.15, 0.2) is 12.6 Å². The maximum absolute atomic E-state index is 9.63. The Hall–Kier alpha value is -0.280. The van der Waals surface area contributed by atoms with Crippen molar-refractivity contribution in [3.05, 3.63) is 0 Å². The SMILES string of the molecule is OC1COC(OC2COC(O)C(O)C2)C(O)C1. The van der Waals surface area contributed by atoms with E-state index in [9.17, 15) is 15.3 Å². The van der Waals surface area contributed by atoms with Crippen molar-refractivity contribution in [2.24, 2.45) is 0 Å². The predicted molar refractivity (Wildman–Crippen MR) is 53.8 cm³/mol. The Bertz CT molecular complexity index is 249. The summed E-state index contributed by atoms with van der Waals surface area (Å²) in [7, 11) is 0. The quantitative estimate of drug-likeness (QED) is 0.446. The Labute approximate surface area is 98.5 Å². The van der Waals surface area contributed by atoms with Crippen LogP contribution in [0.15, 0.2) is 0 Å². The van der Waals surface area contributed by atoms with Gasteiger partial charge in [-0.1, -0.05) is 0 Å². The van der Waals surface area contributed by atoms with Gasteiger partial charge in [-0.2, -0.15) is 0 Å². The van der Waals surface area contributed by atoms with Crippen molar-refractivity contribution in [3.8, 4) is 0 Å². The standard InChI is InChI=1S/C10H18O7/c11-5-1-8(13)10(16-3-5)17-6-2-7(12)9(14)15-4-6/h5-14H,1-4H2. The minimum absolute atomic E-state index is 0.112. The van der Waals surface area contributed by atoms with E-state index in [1.807, 2.05) is 0 Å². The summed E-state index contributed by atoms with van der Waals surface area (Å²) in [4.78, 5) is 0. The van der Waals surface area contributed by atoms with Gasteiger partial charge in [0, 0.05) is 12.8 Å². The highest BCUT2D eigenvalue weighted by molar-refractivity contribution is 4.77. The van der Waals surface area contributed by atoms with E-state index < -0.39 is 37.0 Å². The number of ether oxygens (including phenoxy) is 3. The lowest BCUT2D eigenvalue weighted by Gasteiger charge is -2.36. The summed E-state index contributed by atoms with van der Waals surface area (Å²) in [5, 5.41) is 37.4. The summed E-state index contributed by atoms with van der Waals surface area (Å²) in [6.07, 6.45) is -4.62. The highest BCUT2D eigenvalue weighted by Gasteiger charge is 2.35. The van der Waals surface area contributed by atoms with Crippen LogP contribution in [0.2, 0.25) is 0 Å². The van der Waals surface area contributed by atoms with Crippen molar-refractivity contribution in [2.75, 3.05) is 13.2 Å². The second kappa shape index (κ2) is 5.57. The first kappa shape index (κ1) is 13.2. The van der Waals surface area contributed by atoms with Crippen LogP contribution < -0.4 is 0 Å². The minimum Gasteiger partial charge on any atom is -0.391 e. The van der Waals surface area contributed by atoms with Crippen LogP contribution in [-0.2, 0) is 14.2 Å². The van der Waals surface area contributed by atoms with Gasteiger partial charge in [0.05, 0.1) is 25.4 Å². The van der Waals surface area contributed by atoms with Gasteiger partial charge >= 0.3 is 0 Å². The second-order valence-electron chi connectivity index (χ2n) is 4.44. The molecule has 0 aliphatic carbocycles. The first-order chi connectivity index (χ1) is 8.06. The van der Waals surface area contributed by atoms with Crippen molar-refractivity contribution in [2.45, 2.75) is 49.8 Å². The third kappa shape index (κ3) is 3.35. The van der Waals surface area contributed by atoms with E-state index in [1.165, 1.54) is 0 Å². The first-order valence-electron chi connectivity index (χ1n) is 5.67. The van der Waals surface area contributed by atoms with Gasteiger partial charge in [0.2, 0.25) is 0 Å². The first-order valence-corrected chi connectivity index (χ1v) is 5.67. The van der Waals surface area contributed by atoms with Crippen LogP contribution in [-0.4, -0.2) is 70.6 Å². The summed E-state index contributed by atoms with van der Waals surface area (Å²) in [6, 6.07) is 0. The monoisotopic (exact) mass is 250 g/mol. The molecule has 0 amide bonds. The molecule has 4 N–H and O–H groups in total. The third-order valence-corrected chi connectivity index (χ3v) is 2.89. The largest absolute Gasteiger partial charge is 0.391 e. The number of hydrogen-bond donors (Lipinski definition) is 4. The van der Waals surface area contributed by atoms with Gasteiger partial charge in [0.25, 0.3) is 0 Å². The molecule has 0 aromatic rings.